The zero-order chi connectivity index (χ0) is 21.8. The van der Waals surface area contributed by atoms with Gasteiger partial charge in [0.25, 0.3) is 0 Å². The average Bonchev–Trinajstić information content (AvgIpc) is 3.31. The smallest absolute Gasteiger partial charge is 0.415 e. The van der Waals surface area contributed by atoms with Crippen LogP contribution >= 0.6 is 0 Å². The Morgan fingerprint density at radius 3 is 2.55 bits per heavy atom. The molecule has 0 unspecified atom stereocenters. The number of aromatic amines is 1. The van der Waals surface area contributed by atoms with Crippen molar-refractivity contribution < 1.29 is 23.5 Å². The summed E-state index contributed by atoms with van der Waals surface area (Å²) in [7, 11) is 0. The van der Waals surface area contributed by atoms with E-state index in [1.807, 2.05) is 30.3 Å². The van der Waals surface area contributed by atoms with Gasteiger partial charge in [-0.15, -0.1) is 0 Å². The van der Waals surface area contributed by atoms with E-state index in [1.165, 1.54) is 12.1 Å². The molecular formula is C22H21FN4O4. The third-order valence-electron chi connectivity index (χ3n) is 5.78. The standard InChI is InChI=1S/C21H21FN4O2.CO2/c22-15-6-7-18-17(12-15)19(24-23-18)13-25-10-8-21(9-11-25)14-26(20(27)28-21)16-4-2-1-3-5-16;2-1-3/h1-7,12H,8-11,13-14H2,(H,23,24);. The number of para-hydroxylation sites is 1. The van der Waals surface area contributed by atoms with E-state index in [4.69, 9.17) is 14.3 Å². The Morgan fingerprint density at radius 1 is 1.13 bits per heavy atom. The van der Waals surface area contributed by atoms with Crippen molar-refractivity contribution in [1.29, 1.82) is 0 Å². The van der Waals surface area contributed by atoms with Crippen molar-refractivity contribution in [2.45, 2.75) is 25.0 Å². The number of hydrogen-bond donors (Lipinski definition) is 1. The number of ether oxygens (including phenoxy) is 1. The molecule has 31 heavy (non-hydrogen) atoms. The Bertz CT molecular complexity index is 1100. The van der Waals surface area contributed by atoms with E-state index in [9.17, 15) is 9.18 Å². The first-order valence-corrected chi connectivity index (χ1v) is 9.93. The van der Waals surface area contributed by atoms with Crippen LogP contribution in [0.15, 0.2) is 48.5 Å². The van der Waals surface area contributed by atoms with E-state index >= 15 is 0 Å². The zero-order valence-corrected chi connectivity index (χ0v) is 16.7. The minimum absolute atomic E-state index is 0.250. The number of nitrogens with one attached hydrogen (secondary N) is 1. The Labute approximate surface area is 177 Å². The van der Waals surface area contributed by atoms with Crippen LogP contribution in [0, 0.1) is 5.82 Å². The van der Waals surface area contributed by atoms with Crippen LogP contribution in [0.4, 0.5) is 14.9 Å². The van der Waals surface area contributed by atoms with Gasteiger partial charge in [-0.2, -0.15) is 14.7 Å². The number of amides is 1. The van der Waals surface area contributed by atoms with Gasteiger partial charge in [0.15, 0.2) is 0 Å². The predicted molar refractivity (Wildman–Crippen MR) is 109 cm³/mol. The molecule has 0 aliphatic carbocycles. The van der Waals surface area contributed by atoms with Gasteiger partial charge < -0.3 is 4.74 Å². The van der Waals surface area contributed by atoms with Gasteiger partial charge in [0.05, 0.1) is 17.8 Å². The van der Waals surface area contributed by atoms with Crippen molar-refractivity contribution in [3.05, 3.63) is 60.0 Å². The topological polar surface area (TPSA) is 95.6 Å². The van der Waals surface area contributed by atoms with Crippen molar-refractivity contribution in [2.75, 3.05) is 24.5 Å². The summed E-state index contributed by atoms with van der Waals surface area (Å²) >= 11 is 0. The number of piperidine rings is 1. The molecule has 2 saturated heterocycles. The van der Waals surface area contributed by atoms with Crippen LogP contribution in [0.25, 0.3) is 10.9 Å². The minimum Gasteiger partial charge on any atom is -0.441 e. The number of rotatable bonds is 3. The molecule has 2 fully saturated rings. The first kappa shape index (κ1) is 20.7. The van der Waals surface area contributed by atoms with Crippen molar-refractivity contribution in [3.63, 3.8) is 0 Å². The molecule has 8 nitrogen and oxygen atoms in total. The number of anilines is 1. The highest BCUT2D eigenvalue weighted by Gasteiger charge is 2.47. The van der Waals surface area contributed by atoms with Crippen LogP contribution < -0.4 is 4.90 Å². The summed E-state index contributed by atoms with van der Waals surface area (Å²) < 4.78 is 19.4. The van der Waals surface area contributed by atoms with Crippen LogP contribution in [0.1, 0.15) is 18.5 Å². The number of likely N-dealkylation sites (tertiary alicyclic amines) is 1. The predicted octanol–water partition coefficient (Wildman–Crippen LogP) is 3.11. The van der Waals surface area contributed by atoms with Gasteiger partial charge in [0, 0.05) is 43.5 Å². The van der Waals surface area contributed by atoms with E-state index in [0.29, 0.717) is 13.1 Å². The van der Waals surface area contributed by atoms with Crippen LogP contribution in [0.3, 0.4) is 0 Å². The Kier molecular flexibility index (Phi) is 5.79. The fourth-order valence-corrected chi connectivity index (χ4v) is 4.19. The maximum atomic E-state index is 13.6. The molecule has 3 aromatic rings. The summed E-state index contributed by atoms with van der Waals surface area (Å²) in [5.41, 5.74) is 2.14. The molecule has 2 aromatic carbocycles. The quantitative estimate of drug-likeness (QED) is 0.694. The van der Waals surface area contributed by atoms with Gasteiger partial charge in [-0.25, -0.2) is 9.18 Å². The Balaban J connectivity index is 0.000000730. The maximum absolute atomic E-state index is 13.6. The zero-order valence-electron chi connectivity index (χ0n) is 16.7. The SMILES string of the molecule is O=C1OC2(CCN(Cc3[nH]nc4ccc(F)cc34)CC2)CN1c1ccccc1.O=C=O. The molecule has 1 amide bonds. The minimum atomic E-state index is -0.425. The van der Waals surface area contributed by atoms with Gasteiger partial charge in [-0.3, -0.25) is 14.9 Å². The van der Waals surface area contributed by atoms with E-state index in [1.54, 1.807) is 11.0 Å². The number of fused-ring (bicyclic) bond motifs is 1. The largest absolute Gasteiger partial charge is 0.441 e. The molecule has 9 heteroatoms. The van der Waals surface area contributed by atoms with Crippen molar-refractivity contribution in [3.8, 4) is 0 Å². The Morgan fingerprint density at radius 2 is 1.84 bits per heavy atom. The Hall–Kier alpha value is -3.55. The first-order valence-electron chi connectivity index (χ1n) is 9.93. The number of halogens is 1. The molecule has 0 atom stereocenters. The van der Waals surface area contributed by atoms with Gasteiger partial charge >= 0.3 is 12.2 Å². The lowest BCUT2D eigenvalue weighted by atomic mass is 9.91. The lowest BCUT2D eigenvalue weighted by Crippen LogP contribution is -2.46. The summed E-state index contributed by atoms with van der Waals surface area (Å²) in [6.45, 7) is 2.88. The molecule has 1 aromatic heterocycles. The molecule has 1 spiro atoms. The van der Waals surface area contributed by atoms with E-state index in [-0.39, 0.29) is 18.1 Å². The van der Waals surface area contributed by atoms with Crippen molar-refractivity contribution >= 4 is 28.8 Å². The lowest BCUT2D eigenvalue weighted by molar-refractivity contribution is -0.191. The van der Waals surface area contributed by atoms with Gasteiger partial charge in [0.2, 0.25) is 0 Å². The second kappa shape index (κ2) is 8.67. The second-order valence-corrected chi connectivity index (χ2v) is 7.70. The third-order valence-corrected chi connectivity index (χ3v) is 5.78. The molecule has 2 aliphatic heterocycles. The third kappa shape index (κ3) is 4.33. The van der Waals surface area contributed by atoms with Gasteiger partial charge in [-0.1, -0.05) is 18.2 Å². The molecule has 160 valence electrons. The maximum Gasteiger partial charge on any atom is 0.415 e. The monoisotopic (exact) mass is 424 g/mol. The van der Waals surface area contributed by atoms with Crippen LogP contribution in [-0.2, 0) is 20.9 Å². The summed E-state index contributed by atoms with van der Waals surface area (Å²) in [6.07, 6.45) is 1.54. The normalized spacial score (nSPS) is 17.8. The van der Waals surface area contributed by atoms with Crippen LogP contribution in [0.2, 0.25) is 0 Å². The fourth-order valence-electron chi connectivity index (χ4n) is 4.19. The number of hydrogen-bond acceptors (Lipinski definition) is 6. The molecule has 0 saturated carbocycles. The molecule has 3 heterocycles. The van der Waals surface area contributed by atoms with Gasteiger partial charge in [0.1, 0.15) is 11.4 Å². The molecule has 1 N–H and O–H groups in total. The summed E-state index contributed by atoms with van der Waals surface area (Å²) in [6, 6.07) is 14.3. The number of carbonyl (C=O) groups excluding carboxylic acids is 3. The average molecular weight is 424 g/mol. The number of nitrogens with zero attached hydrogens (tertiary/aromatic N) is 3. The summed E-state index contributed by atoms with van der Waals surface area (Å²) in [5, 5.41) is 8.11. The van der Waals surface area contributed by atoms with Crippen molar-refractivity contribution in [2.24, 2.45) is 0 Å². The number of H-pyrrole nitrogens is 1. The summed E-state index contributed by atoms with van der Waals surface area (Å²) in [4.78, 5) is 32.7. The van der Waals surface area contributed by atoms with E-state index in [2.05, 4.69) is 15.1 Å². The van der Waals surface area contributed by atoms with Gasteiger partial charge in [-0.05, 0) is 30.3 Å². The fraction of sp³-hybridized carbons (Fsp3) is 0.318. The molecule has 0 bridgehead atoms. The highest BCUT2D eigenvalue weighted by atomic mass is 19.1. The highest BCUT2D eigenvalue weighted by Crippen LogP contribution is 2.36. The molecular weight excluding hydrogens is 403 g/mol. The molecule has 0 radical (unpaired) electrons. The van der Waals surface area contributed by atoms with Crippen LogP contribution in [-0.4, -0.2) is 52.6 Å². The highest BCUT2D eigenvalue weighted by molar-refractivity contribution is 5.90. The van der Waals surface area contributed by atoms with Crippen molar-refractivity contribution in [1.82, 2.24) is 15.1 Å². The molecule has 5 rings (SSSR count). The van der Waals surface area contributed by atoms with E-state index < -0.39 is 5.60 Å². The molecule has 2 aliphatic rings. The second-order valence-electron chi connectivity index (χ2n) is 7.70. The first-order chi connectivity index (χ1) is 15.0. The summed E-state index contributed by atoms with van der Waals surface area (Å²) in [5.74, 6) is -0.258. The number of aromatic nitrogens is 2. The number of benzene rings is 2. The van der Waals surface area contributed by atoms with E-state index in [0.717, 1.165) is 48.2 Å². The number of carbonyl (C=O) groups is 1. The lowest BCUT2D eigenvalue weighted by Gasteiger charge is -2.37. The van der Waals surface area contributed by atoms with Crippen LogP contribution in [0.5, 0.6) is 0 Å².